The number of rotatable bonds is 4. The van der Waals surface area contributed by atoms with Gasteiger partial charge in [0.1, 0.15) is 11.3 Å². The van der Waals surface area contributed by atoms with Gasteiger partial charge in [-0.15, -0.1) is 0 Å². The number of fused-ring (bicyclic) bond motifs is 1. The molecule has 1 N–H and O–H groups in total. The predicted molar refractivity (Wildman–Crippen MR) is 108 cm³/mol. The zero-order valence-electron chi connectivity index (χ0n) is 15.9. The number of hydrogen-bond acceptors (Lipinski definition) is 4. The van der Waals surface area contributed by atoms with Crippen molar-refractivity contribution in [3.8, 4) is 17.5 Å². The lowest BCUT2D eigenvalue weighted by Gasteiger charge is -2.13. The van der Waals surface area contributed by atoms with Crippen molar-refractivity contribution in [1.82, 2.24) is 9.88 Å². The molecule has 2 heterocycles. The van der Waals surface area contributed by atoms with E-state index < -0.39 is 11.5 Å². The van der Waals surface area contributed by atoms with E-state index in [9.17, 15) is 9.59 Å². The third-order valence-corrected chi connectivity index (χ3v) is 4.96. The SMILES string of the molecule is Cc1ccc(C(=O)NCc2ccc3c(c2)CCO3)c(=O)n1-c1cccc(C#N)c1. The molecule has 0 saturated carbocycles. The van der Waals surface area contributed by atoms with Crippen molar-refractivity contribution < 1.29 is 9.53 Å². The summed E-state index contributed by atoms with van der Waals surface area (Å²) in [6, 6.07) is 17.9. The van der Waals surface area contributed by atoms with Crippen molar-refractivity contribution in [3.05, 3.63) is 92.9 Å². The van der Waals surface area contributed by atoms with Crippen LogP contribution in [0.5, 0.6) is 5.75 Å². The molecule has 1 aliphatic heterocycles. The number of nitriles is 1. The average molecular weight is 385 g/mol. The summed E-state index contributed by atoms with van der Waals surface area (Å²) in [7, 11) is 0. The number of amides is 1. The number of ether oxygens (including phenoxy) is 1. The quantitative estimate of drug-likeness (QED) is 0.748. The van der Waals surface area contributed by atoms with Crippen LogP contribution in [-0.4, -0.2) is 17.1 Å². The molecule has 6 nitrogen and oxygen atoms in total. The minimum absolute atomic E-state index is 0.0578. The molecule has 0 aliphatic carbocycles. The zero-order valence-corrected chi connectivity index (χ0v) is 15.9. The maximum Gasteiger partial charge on any atom is 0.268 e. The van der Waals surface area contributed by atoms with Crippen LogP contribution in [-0.2, 0) is 13.0 Å². The van der Waals surface area contributed by atoms with Crippen molar-refractivity contribution >= 4 is 5.91 Å². The van der Waals surface area contributed by atoms with Gasteiger partial charge in [-0.25, -0.2) is 0 Å². The lowest BCUT2D eigenvalue weighted by Crippen LogP contribution is -2.33. The van der Waals surface area contributed by atoms with Crippen LogP contribution >= 0.6 is 0 Å². The number of nitrogens with one attached hydrogen (secondary N) is 1. The van der Waals surface area contributed by atoms with Crippen molar-refractivity contribution in [2.45, 2.75) is 19.9 Å². The maximum atomic E-state index is 13.0. The van der Waals surface area contributed by atoms with Crippen LogP contribution in [0.2, 0.25) is 0 Å². The summed E-state index contributed by atoms with van der Waals surface area (Å²) in [5, 5.41) is 11.9. The highest BCUT2D eigenvalue weighted by Crippen LogP contribution is 2.25. The molecule has 2 aromatic carbocycles. The van der Waals surface area contributed by atoms with Crippen LogP contribution in [0.15, 0.2) is 59.4 Å². The molecule has 0 bridgehead atoms. The minimum atomic E-state index is -0.433. The number of carbonyl (C=O) groups excluding carboxylic acids is 1. The fraction of sp³-hybridized carbons (Fsp3) is 0.174. The Labute approximate surface area is 168 Å². The number of aryl methyl sites for hydroxylation is 1. The third-order valence-electron chi connectivity index (χ3n) is 4.96. The summed E-state index contributed by atoms with van der Waals surface area (Å²) in [6.07, 6.45) is 0.863. The Morgan fingerprint density at radius 3 is 2.90 bits per heavy atom. The van der Waals surface area contributed by atoms with Gasteiger partial charge in [0.05, 0.1) is 23.9 Å². The summed E-state index contributed by atoms with van der Waals surface area (Å²) in [6.45, 7) is 2.79. The Bertz CT molecular complexity index is 1200. The second kappa shape index (κ2) is 7.64. The Kier molecular flexibility index (Phi) is 4.88. The standard InChI is InChI=1S/C23H19N3O3/c1-15-5-7-20(23(28)26(15)19-4-2-3-16(12-19)13-24)22(27)25-14-17-6-8-21-18(11-17)9-10-29-21/h2-8,11-12H,9-10,14H2,1H3,(H,25,27). The first kappa shape index (κ1) is 18.5. The summed E-state index contributed by atoms with van der Waals surface area (Å²) in [5.74, 6) is 0.457. The van der Waals surface area contributed by atoms with E-state index in [0.29, 0.717) is 30.1 Å². The lowest BCUT2D eigenvalue weighted by molar-refractivity contribution is 0.0949. The summed E-state index contributed by atoms with van der Waals surface area (Å²) in [4.78, 5) is 25.7. The molecule has 3 aromatic rings. The predicted octanol–water partition coefficient (Wildman–Crippen LogP) is 2.88. The minimum Gasteiger partial charge on any atom is -0.493 e. The molecule has 0 saturated heterocycles. The largest absolute Gasteiger partial charge is 0.493 e. The van der Waals surface area contributed by atoms with E-state index in [4.69, 9.17) is 10.00 Å². The van der Waals surface area contributed by atoms with Crippen LogP contribution in [0, 0.1) is 18.3 Å². The molecule has 0 atom stereocenters. The normalized spacial score (nSPS) is 12.0. The van der Waals surface area contributed by atoms with E-state index in [1.807, 2.05) is 18.2 Å². The molecule has 0 spiro atoms. The highest BCUT2D eigenvalue weighted by Gasteiger charge is 2.16. The zero-order chi connectivity index (χ0) is 20.4. The van der Waals surface area contributed by atoms with Gasteiger partial charge in [-0.1, -0.05) is 18.2 Å². The van der Waals surface area contributed by atoms with Gasteiger partial charge in [0.15, 0.2) is 0 Å². The molecule has 1 aromatic heterocycles. The molecule has 0 unspecified atom stereocenters. The first-order chi connectivity index (χ1) is 14.1. The fourth-order valence-corrected chi connectivity index (χ4v) is 3.47. The topological polar surface area (TPSA) is 84.1 Å². The maximum absolute atomic E-state index is 13.0. The van der Waals surface area contributed by atoms with E-state index in [1.54, 1.807) is 37.3 Å². The van der Waals surface area contributed by atoms with E-state index >= 15 is 0 Å². The Hall–Kier alpha value is -3.85. The van der Waals surface area contributed by atoms with E-state index in [2.05, 4.69) is 11.4 Å². The molecule has 4 rings (SSSR count). The van der Waals surface area contributed by atoms with E-state index in [0.717, 1.165) is 23.3 Å². The molecule has 29 heavy (non-hydrogen) atoms. The molecule has 0 fully saturated rings. The van der Waals surface area contributed by atoms with Gasteiger partial charge >= 0.3 is 0 Å². The molecular formula is C23H19N3O3. The van der Waals surface area contributed by atoms with Crippen molar-refractivity contribution in [2.75, 3.05) is 6.61 Å². The Morgan fingerprint density at radius 2 is 2.07 bits per heavy atom. The van der Waals surface area contributed by atoms with Gasteiger partial charge in [0.25, 0.3) is 11.5 Å². The lowest BCUT2D eigenvalue weighted by atomic mass is 10.1. The van der Waals surface area contributed by atoms with Gasteiger partial charge in [-0.3, -0.25) is 14.2 Å². The van der Waals surface area contributed by atoms with Gasteiger partial charge < -0.3 is 10.1 Å². The molecule has 0 radical (unpaired) electrons. The van der Waals surface area contributed by atoms with E-state index in [1.165, 1.54) is 10.6 Å². The first-order valence-electron chi connectivity index (χ1n) is 9.33. The second-order valence-corrected chi connectivity index (χ2v) is 6.91. The number of carbonyl (C=O) groups is 1. The molecule has 144 valence electrons. The first-order valence-corrected chi connectivity index (χ1v) is 9.33. The highest BCUT2D eigenvalue weighted by atomic mass is 16.5. The average Bonchev–Trinajstić information content (AvgIpc) is 3.20. The number of pyridine rings is 1. The van der Waals surface area contributed by atoms with Crippen LogP contribution in [0.25, 0.3) is 5.69 Å². The summed E-state index contributed by atoms with van der Waals surface area (Å²) < 4.78 is 6.94. The summed E-state index contributed by atoms with van der Waals surface area (Å²) >= 11 is 0. The Balaban J connectivity index is 1.59. The molecule has 6 heteroatoms. The van der Waals surface area contributed by atoms with Crippen LogP contribution in [0.4, 0.5) is 0 Å². The van der Waals surface area contributed by atoms with Gasteiger partial charge in [0.2, 0.25) is 0 Å². The molecular weight excluding hydrogens is 366 g/mol. The summed E-state index contributed by atoms with van der Waals surface area (Å²) in [5.41, 5.74) is 3.41. The van der Waals surface area contributed by atoms with E-state index in [-0.39, 0.29) is 5.56 Å². The monoisotopic (exact) mass is 385 g/mol. The Morgan fingerprint density at radius 1 is 1.21 bits per heavy atom. The number of benzene rings is 2. The van der Waals surface area contributed by atoms with Crippen molar-refractivity contribution in [2.24, 2.45) is 0 Å². The van der Waals surface area contributed by atoms with Crippen molar-refractivity contribution in [1.29, 1.82) is 5.26 Å². The van der Waals surface area contributed by atoms with Crippen LogP contribution < -0.4 is 15.6 Å². The number of nitrogens with zero attached hydrogens (tertiary/aromatic N) is 2. The number of hydrogen-bond donors (Lipinski definition) is 1. The van der Waals surface area contributed by atoms with Crippen LogP contribution in [0.1, 0.15) is 32.7 Å². The second-order valence-electron chi connectivity index (χ2n) is 6.91. The molecule has 1 amide bonds. The van der Waals surface area contributed by atoms with Crippen molar-refractivity contribution in [3.63, 3.8) is 0 Å². The van der Waals surface area contributed by atoms with Gasteiger partial charge in [0, 0.05) is 18.7 Å². The smallest absolute Gasteiger partial charge is 0.268 e. The van der Waals surface area contributed by atoms with Gasteiger partial charge in [-0.05, 0) is 54.4 Å². The number of aromatic nitrogens is 1. The third kappa shape index (κ3) is 3.63. The van der Waals surface area contributed by atoms with Gasteiger partial charge in [-0.2, -0.15) is 5.26 Å². The highest BCUT2D eigenvalue weighted by molar-refractivity contribution is 5.93. The van der Waals surface area contributed by atoms with Crippen LogP contribution in [0.3, 0.4) is 0 Å². The molecule has 1 aliphatic rings. The fourth-order valence-electron chi connectivity index (χ4n) is 3.47.